The number of hydrogen-bond acceptors (Lipinski definition) is 4. The van der Waals surface area contributed by atoms with E-state index in [-0.39, 0.29) is 11.9 Å². The summed E-state index contributed by atoms with van der Waals surface area (Å²) in [6.45, 7) is 4.72. The first-order valence-corrected chi connectivity index (χ1v) is 7.96. The second-order valence-electron chi connectivity index (χ2n) is 5.86. The van der Waals surface area contributed by atoms with Gasteiger partial charge in [-0.2, -0.15) is 0 Å². The average molecular weight is 301 g/mol. The molecule has 4 nitrogen and oxygen atoms in total. The lowest BCUT2D eigenvalue weighted by Crippen LogP contribution is -2.52. The number of aromatic nitrogens is 1. The molecule has 1 aliphatic heterocycles. The lowest BCUT2D eigenvalue weighted by atomic mass is 9.94. The van der Waals surface area contributed by atoms with E-state index in [9.17, 15) is 4.79 Å². The molecular formula is C16H19N3OS. The Morgan fingerprint density at radius 3 is 2.86 bits per heavy atom. The highest BCUT2D eigenvalue weighted by molar-refractivity contribution is 7.09. The van der Waals surface area contributed by atoms with Crippen molar-refractivity contribution in [3.63, 3.8) is 0 Å². The molecule has 1 aromatic heterocycles. The molecule has 5 heteroatoms. The van der Waals surface area contributed by atoms with Crippen LogP contribution in [0.1, 0.15) is 30.0 Å². The van der Waals surface area contributed by atoms with Crippen molar-refractivity contribution in [3.05, 3.63) is 52.0 Å². The second-order valence-corrected chi connectivity index (χ2v) is 6.75. The van der Waals surface area contributed by atoms with E-state index >= 15 is 0 Å². The van der Waals surface area contributed by atoms with Crippen molar-refractivity contribution in [2.75, 3.05) is 0 Å². The molecule has 0 saturated heterocycles. The molecule has 2 N–H and O–H groups in total. The standard InChI is InChI=1S/C16H19N3OS/c1-16(2,15-17-7-8-21-15)19-14(20)13-9-11-5-3-4-6-12(11)10-18-13/h3-8,13,18H,9-10H2,1-2H3,(H,19,20)/t13-/m1/s1. The number of carbonyl (C=O) groups is 1. The molecule has 1 aromatic carbocycles. The predicted octanol–water partition coefficient (Wildman–Crippen LogP) is 2.21. The number of thiazole rings is 1. The van der Waals surface area contributed by atoms with Crippen LogP contribution >= 0.6 is 11.3 Å². The number of fused-ring (bicyclic) bond motifs is 1. The van der Waals surface area contributed by atoms with E-state index in [1.54, 1.807) is 17.5 Å². The van der Waals surface area contributed by atoms with Gasteiger partial charge in [0.1, 0.15) is 5.01 Å². The van der Waals surface area contributed by atoms with Gasteiger partial charge in [0.25, 0.3) is 0 Å². The molecule has 2 heterocycles. The van der Waals surface area contributed by atoms with Crippen molar-refractivity contribution < 1.29 is 4.79 Å². The zero-order valence-electron chi connectivity index (χ0n) is 12.2. The Hall–Kier alpha value is -1.72. The Labute approximate surface area is 128 Å². The highest BCUT2D eigenvalue weighted by Crippen LogP contribution is 2.23. The van der Waals surface area contributed by atoms with E-state index in [4.69, 9.17) is 0 Å². The van der Waals surface area contributed by atoms with Crippen LogP contribution in [0.5, 0.6) is 0 Å². The molecule has 0 aliphatic carbocycles. The van der Waals surface area contributed by atoms with Crippen LogP contribution in [0, 0.1) is 0 Å². The maximum atomic E-state index is 12.5. The van der Waals surface area contributed by atoms with Gasteiger partial charge >= 0.3 is 0 Å². The SMILES string of the molecule is CC(C)(NC(=O)[C@H]1Cc2ccccc2CN1)c1nccs1. The van der Waals surface area contributed by atoms with Crippen molar-refractivity contribution in [2.45, 2.75) is 38.4 Å². The molecule has 0 spiro atoms. The molecular weight excluding hydrogens is 282 g/mol. The lowest BCUT2D eigenvalue weighted by Gasteiger charge is -2.30. The van der Waals surface area contributed by atoms with Gasteiger partial charge in [-0.3, -0.25) is 4.79 Å². The number of carbonyl (C=O) groups excluding carboxylic acids is 1. The number of benzene rings is 1. The first-order chi connectivity index (χ1) is 10.1. The van der Waals surface area contributed by atoms with Gasteiger partial charge in [-0.05, 0) is 31.4 Å². The zero-order valence-corrected chi connectivity index (χ0v) is 13.0. The topological polar surface area (TPSA) is 54.0 Å². The summed E-state index contributed by atoms with van der Waals surface area (Å²) in [6, 6.07) is 8.09. The van der Waals surface area contributed by atoms with Crippen molar-refractivity contribution in [1.29, 1.82) is 0 Å². The molecule has 0 saturated carbocycles. The lowest BCUT2D eigenvalue weighted by molar-refractivity contribution is -0.125. The summed E-state index contributed by atoms with van der Waals surface area (Å²) in [5.41, 5.74) is 2.09. The molecule has 2 aromatic rings. The van der Waals surface area contributed by atoms with Crippen molar-refractivity contribution in [2.24, 2.45) is 0 Å². The summed E-state index contributed by atoms with van der Waals surface area (Å²) in [4.78, 5) is 16.8. The predicted molar refractivity (Wildman–Crippen MR) is 84.1 cm³/mol. The molecule has 1 atom stereocenters. The number of amides is 1. The van der Waals surface area contributed by atoms with E-state index in [2.05, 4.69) is 27.8 Å². The van der Waals surface area contributed by atoms with E-state index in [1.165, 1.54) is 11.1 Å². The molecule has 1 aliphatic rings. The third-order valence-corrected chi connectivity index (χ3v) is 4.90. The van der Waals surface area contributed by atoms with Gasteiger partial charge in [0.05, 0.1) is 11.6 Å². The van der Waals surface area contributed by atoms with E-state index < -0.39 is 5.54 Å². The zero-order chi connectivity index (χ0) is 14.9. The Kier molecular flexibility index (Phi) is 3.78. The number of nitrogens with one attached hydrogen (secondary N) is 2. The highest BCUT2D eigenvalue weighted by atomic mass is 32.1. The minimum absolute atomic E-state index is 0.0321. The minimum atomic E-state index is -0.441. The quantitative estimate of drug-likeness (QED) is 0.914. The van der Waals surface area contributed by atoms with Crippen LogP contribution in [0.15, 0.2) is 35.8 Å². The maximum Gasteiger partial charge on any atom is 0.238 e. The van der Waals surface area contributed by atoms with Crippen molar-refractivity contribution >= 4 is 17.2 Å². The van der Waals surface area contributed by atoms with Crippen LogP contribution in [0.4, 0.5) is 0 Å². The fraction of sp³-hybridized carbons (Fsp3) is 0.375. The molecule has 3 rings (SSSR count). The van der Waals surface area contributed by atoms with Crippen LogP contribution in [0.3, 0.4) is 0 Å². The van der Waals surface area contributed by atoms with Gasteiger partial charge in [-0.1, -0.05) is 24.3 Å². The number of nitrogens with zero attached hydrogens (tertiary/aromatic N) is 1. The number of hydrogen-bond donors (Lipinski definition) is 2. The van der Waals surface area contributed by atoms with E-state index in [1.807, 2.05) is 31.4 Å². The summed E-state index contributed by atoms with van der Waals surface area (Å²) < 4.78 is 0. The molecule has 110 valence electrons. The summed E-state index contributed by atoms with van der Waals surface area (Å²) >= 11 is 1.56. The first-order valence-electron chi connectivity index (χ1n) is 7.08. The monoisotopic (exact) mass is 301 g/mol. The summed E-state index contributed by atoms with van der Waals surface area (Å²) in [5.74, 6) is 0.0321. The fourth-order valence-corrected chi connectivity index (χ4v) is 3.34. The van der Waals surface area contributed by atoms with Gasteiger partial charge in [0, 0.05) is 18.1 Å². The van der Waals surface area contributed by atoms with Crippen LogP contribution in [0.2, 0.25) is 0 Å². The van der Waals surface area contributed by atoms with Crippen LogP contribution in [-0.2, 0) is 23.3 Å². The van der Waals surface area contributed by atoms with Gasteiger partial charge < -0.3 is 10.6 Å². The van der Waals surface area contributed by atoms with Gasteiger partial charge in [0.15, 0.2) is 0 Å². The molecule has 0 fully saturated rings. The third-order valence-electron chi connectivity index (χ3n) is 3.80. The Morgan fingerprint density at radius 2 is 2.14 bits per heavy atom. The fourth-order valence-electron chi connectivity index (χ4n) is 2.62. The van der Waals surface area contributed by atoms with Crippen LogP contribution in [-0.4, -0.2) is 16.9 Å². The Bertz CT molecular complexity index is 637. The second kappa shape index (κ2) is 5.58. The average Bonchev–Trinajstić information content (AvgIpc) is 3.01. The van der Waals surface area contributed by atoms with E-state index in [0.29, 0.717) is 0 Å². The molecule has 1 amide bonds. The number of rotatable bonds is 3. The summed E-state index contributed by atoms with van der Waals surface area (Å²) in [7, 11) is 0. The Balaban J connectivity index is 1.70. The summed E-state index contributed by atoms with van der Waals surface area (Å²) in [6.07, 6.45) is 2.50. The van der Waals surface area contributed by atoms with Gasteiger partial charge in [-0.25, -0.2) is 4.98 Å². The van der Waals surface area contributed by atoms with Crippen molar-refractivity contribution in [3.8, 4) is 0 Å². The third kappa shape index (κ3) is 2.99. The highest BCUT2D eigenvalue weighted by Gasteiger charge is 2.30. The van der Waals surface area contributed by atoms with Gasteiger partial charge in [-0.15, -0.1) is 11.3 Å². The normalized spacial score (nSPS) is 18.1. The molecule has 0 unspecified atom stereocenters. The largest absolute Gasteiger partial charge is 0.343 e. The first kappa shape index (κ1) is 14.2. The maximum absolute atomic E-state index is 12.5. The van der Waals surface area contributed by atoms with Crippen LogP contribution < -0.4 is 10.6 Å². The van der Waals surface area contributed by atoms with Crippen LogP contribution in [0.25, 0.3) is 0 Å². The minimum Gasteiger partial charge on any atom is -0.343 e. The molecule has 0 bridgehead atoms. The smallest absolute Gasteiger partial charge is 0.238 e. The molecule has 0 radical (unpaired) electrons. The van der Waals surface area contributed by atoms with Gasteiger partial charge in [0.2, 0.25) is 5.91 Å². The summed E-state index contributed by atoms with van der Waals surface area (Å²) in [5, 5.41) is 9.27. The Morgan fingerprint density at radius 1 is 1.38 bits per heavy atom. The van der Waals surface area contributed by atoms with Crippen molar-refractivity contribution in [1.82, 2.24) is 15.6 Å². The van der Waals surface area contributed by atoms with E-state index in [0.717, 1.165) is 18.0 Å². The molecule has 21 heavy (non-hydrogen) atoms.